The zero-order valence-corrected chi connectivity index (χ0v) is 17.1. The maximum Gasteiger partial charge on any atom is 0.286 e. The van der Waals surface area contributed by atoms with Crippen LogP contribution in [0.4, 0.5) is 11.4 Å². The minimum Gasteiger partial charge on any atom is -0.493 e. The number of hydrogen-bond acceptors (Lipinski definition) is 7. The summed E-state index contributed by atoms with van der Waals surface area (Å²) in [5.74, 6) is -0.499. The van der Waals surface area contributed by atoms with E-state index in [2.05, 4.69) is 5.32 Å². The summed E-state index contributed by atoms with van der Waals surface area (Å²) in [6.45, 7) is 1.97. The minimum absolute atomic E-state index is 0.0286. The van der Waals surface area contributed by atoms with Crippen LogP contribution in [0.15, 0.2) is 41.3 Å². The van der Waals surface area contributed by atoms with E-state index in [1.54, 1.807) is 6.92 Å². The summed E-state index contributed by atoms with van der Waals surface area (Å²) in [6.07, 6.45) is 0. The molecule has 156 valence electrons. The van der Waals surface area contributed by atoms with Gasteiger partial charge in [0.1, 0.15) is 5.56 Å². The first-order valence-electron chi connectivity index (χ1n) is 8.45. The Morgan fingerprint density at radius 1 is 1.21 bits per heavy atom. The number of carbonyl (C=O) groups excluding carboxylic acids is 1. The number of nitro benzene ring substituents is 1. The average Bonchev–Trinajstić information content (AvgIpc) is 2.67. The second kappa shape index (κ2) is 8.88. The van der Waals surface area contributed by atoms with E-state index < -0.39 is 26.5 Å². The van der Waals surface area contributed by atoms with Gasteiger partial charge in [0.2, 0.25) is 10.0 Å². The smallest absolute Gasteiger partial charge is 0.286 e. The number of nitrogens with one attached hydrogen (secondary N) is 1. The van der Waals surface area contributed by atoms with Crippen molar-refractivity contribution >= 4 is 27.3 Å². The molecule has 0 radical (unpaired) electrons. The van der Waals surface area contributed by atoms with Gasteiger partial charge in [0.15, 0.2) is 11.5 Å². The molecule has 0 unspecified atom stereocenters. The molecule has 0 aromatic heterocycles. The van der Waals surface area contributed by atoms with Crippen LogP contribution in [-0.2, 0) is 10.0 Å². The number of rotatable bonds is 8. The SMILES string of the molecule is CCOc1cc([N+](=O)[O-])c(C(=O)Nc2cccc(S(=O)(=O)N(C)C)c2)cc1OC. The zero-order valence-electron chi connectivity index (χ0n) is 16.3. The van der Waals surface area contributed by atoms with E-state index in [0.717, 1.165) is 10.4 Å². The molecule has 1 N–H and O–H groups in total. The standard InChI is InChI=1S/C18H21N3O7S/c1-5-28-17-11-15(21(23)24)14(10-16(17)27-4)18(22)19-12-7-6-8-13(9-12)29(25,26)20(2)3/h6-11H,5H2,1-4H3,(H,19,22). The molecule has 0 fully saturated rings. The Morgan fingerprint density at radius 3 is 2.45 bits per heavy atom. The van der Waals surface area contributed by atoms with Crippen LogP contribution >= 0.6 is 0 Å². The lowest BCUT2D eigenvalue weighted by Crippen LogP contribution is -2.22. The van der Waals surface area contributed by atoms with Crippen molar-refractivity contribution in [1.82, 2.24) is 4.31 Å². The number of hydrogen-bond donors (Lipinski definition) is 1. The normalized spacial score (nSPS) is 11.2. The number of nitrogens with zero attached hydrogens (tertiary/aromatic N) is 2. The lowest BCUT2D eigenvalue weighted by atomic mass is 10.1. The fraction of sp³-hybridized carbons (Fsp3) is 0.278. The molecular weight excluding hydrogens is 402 g/mol. The van der Waals surface area contributed by atoms with Gasteiger partial charge in [-0.2, -0.15) is 0 Å². The van der Waals surface area contributed by atoms with E-state index in [4.69, 9.17) is 9.47 Å². The largest absolute Gasteiger partial charge is 0.493 e. The first kappa shape index (κ1) is 22.1. The highest BCUT2D eigenvalue weighted by molar-refractivity contribution is 7.89. The molecule has 0 aliphatic carbocycles. The summed E-state index contributed by atoms with van der Waals surface area (Å²) in [5.41, 5.74) is -0.555. The molecular formula is C18H21N3O7S. The summed E-state index contributed by atoms with van der Waals surface area (Å²) >= 11 is 0. The van der Waals surface area contributed by atoms with Gasteiger partial charge in [-0.05, 0) is 25.1 Å². The van der Waals surface area contributed by atoms with Crippen LogP contribution in [0.5, 0.6) is 11.5 Å². The maximum absolute atomic E-state index is 12.7. The lowest BCUT2D eigenvalue weighted by Gasteiger charge is -2.14. The van der Waals surface area contributed by atoms with Gasteiger partial charge in [0.25, 0.3) is 11.6 Å². The summed E-state index contributed by atoms with van der Waals surface area (Å²) in [5, 5.41) is 13.9. The third-order valence-electron chi connectivity index (χ3n) is 3.89. The van der Waals surface area contributed by atoms with Crippen LogP contribution in [-0.4, -0.2) is 51.4 Å². The molecule has 0 heterocycles. The fourth-order valence-corrected chi connectivity index (χ4v) is 3.40. The van der Waals surface area contributed by atoms with Crippen molar-refractivity contribution < 1.29 is 27.6 Å². The Hall–Kier alpha value is -3.18. The zero-order chi connectivity index (χ0) is 21.8. The van der Waals surface area contributed by atoms with Crippen molar-refractivity contribution in [2.45, 2.75) is 11.8 Å². The second-order valence-electron chi connectivity index (χ2n) is 5.98. The number of carbonyl (C=O) groups is 1. The first-order chi connectivity index (χ1) is 13.6. The maximum atomic E-state index is 12.7. The van der Waals surface area contributed by atoms with Crippen molar-refractivity contribution in [3.8, 4) is 11.5 Å². The first-order valence-corrected chi connectivity index (χ1v) is 9.89. The molecule has 0 aliphatic heterocycles. The van der Waals surface area contributed by atoms with Crippen LogP contribution in [0.25, 0.3) is 0 Å². The average molecular weight is 423 g/mol. The molecule has 0 saturated heterocycles. The number of methoxy groups -OCH3 is 1. The molecule has 2 aromatic carbocycles. The lowest BCUT2D eigenvalue weighted by molar-refractivity contribution is -0.385. The van der Waals surface area contributed by atoms with Crippen molar-refractivity contribution in [2.24, 2.45) is 0 Å². The van der Waals surface area contributed by atoms with Gasteiger partial charge < -0.3 is 14.8 Å². The molecule has 0 atom stereocenters. The topological polar surface area (TPSA) is 128 Å². The van der Waals surface area contributed by atoms with E-state index in [1.807, 2.05) is 0 Å². The predicted molar refractivity (Wildman–Crippen MR) is 106 cm³/mol. The van der Waals surface area contributed by atoms with Crippen LogP contribution in [0, 0.1) is 10.1 Å². The van der Waals surface area contributed by atoms with E-state index in [-0.39, 0.29) is 34.3 Å². The molecule has 11 heteroatoms. The number of nitro groups is 1. The number of anilines is 1. The van der Waals surface area contributed by atoms with Gasteiger partial charge in [-0.25, -0.2) is 12.7 Å². The van der Waals surface area contributed by atoms with Crippen LogP contribution in [0.3, 0.4) is 0 Å². The molecule has 0 bridgehead atoms. The number of sulfonamides is 1. The Labute approximate surface area is 168 Å². The highest BCUT2D eigenvalue weighted by Crippen LogP contribution is 2.35. The molecule has 0 aliphatic rings. The predicted octanol–water partition coefficient (Wildman–Crippen LogP) is 2.50. The van der Waals surface area contributed by atoms with Gasteiger partial charge in [-0.3, -0.25) is 14.9 Å². The highest BCUT2D eigenvalue weighted by atomic mass is 32.2. The third kappa shape index (κ3) is 4.81. The molecule has 29 heavy (non-hydrogen) atoms. The quantitative estimate of drug-likeness (QED) is 0.510. The molecule has 0 spiro atoms. The summed E-state index contributed by atoms with van der Waals surface area (Å²) < 4.78 is 36.0. The van der Waals surface area contributed by atoms with Gasteiger partial charge in [0, 0.05) is 25.8 Å². The Morgan fingerprint density at radius 2 is 1.90 bits per heavy atom. The van der Waals surface area contributed by atoms with E-state index in [1.165, 1.54) is 51.5 Å². The van der Waals surface area contributed by atoms with Crippen LogP contribution in [0.2, 0.25) is 0 Å². The molecule has 2 aromatic rings. The highest BCUT2D eigenvalue weighted by Gasteiger charge is 2.25. The fourth-order valence-electron chi connectivity index (χ4n) is 2.45. The number of benzene rings is 2. The van der Waals surface area contributed by atoms with Crippen molar-refractivity contribution in [3.63, 3.8) is 0 Å². The van der Waals surface area contributed by atoms with E-state index in [9.17, 15) is 23.3 Å². The molecule has 0 saturated carbocycles. The van der Waals surface area contributed by atoms with Gasteiger partial charge in [0.05, 0.1) is 29.6 Å². The monoisotopic (exact) mass is 423 g/mol. The van der Waals surface area contributed by atoms with Crippen molar-refractivity contribution in [1.29, 1.82) is 0 Å². The summed E-state index contributed by atoms with van der Waals surface area (Å²) in [7, 11) is 0.412. The third-order valence-corrected chi connectivity index (χ3v) is 5.70. The summed E-state index contributed by atoms with van der Waals surface area (Å²) in [6, 6.07) is 7.91. The Kier molecular flexibility index (Phi) is 6.77. The van der Waals surface area contributed by atoms with Gasteiger partial charge in [-0.1, -0.05) is 6.07 Å². The molecule has 10 nitrogen and oxygen atoms in total. The number of ether oxygens (including phenoxy) is 2. The Balaban J connectivity index is 2.44. The molecule has 2 rings (SSSR count). The Bertz CT molecular complexity index is 1040. The molecule has 1 amide bonds. The second-order valence-corrected chi connectivity index (χ2v) is 8.13. The van der Waals surface area contributed by atoms with Crippen LogP contribution in [0.1, 0.15) is 17.3 Å². The van der Waals surface area contributed by atoms with Crippen molar-refractivity contribution in [2.75, 3.05) is 33.1 Å². The van der Waals surface area contributed by atoms with Gasteiger partial charge >= 0.3 is 0 Å². The summed E-state index contributed by atoms with van der Waals surface area (Å²) in [4.78, 5) is 23.4. The van der Waals surface area contributed by atoms with Crippen molar-refractivity contribution in [3.05, 3.63) is 52.1 Å². The van der Waals surface area contributed by atoms with E-state index >= 15 is 0 Å². The van der Waals surface area contributed by atoms with Gasteiger partial charge in [-0.15, -0.1) is 0 Å². The number of amides is 1. The van der Waals surface area contributed by atoms with Crippen LogP contribution < -0.4 is 14.8 Å². The van der Waals surface area contributed by atoms with E-state index in [0.29, 0.717) is 0 Å². The minimum atomic E-state index is -3.71.